The molecule has 10 heteroatoms. The third kappa shape index (κ3) is 4.68. The van der Waals surface area contributed by atoms with E-state index >= 15 is 0 Å². The number of nitrogens with one attached hydrogen (secondary N) is 1. The molecule has 1 aliphatic rings. The second-order valence-electron chi connectivity index (χ2n) is 7.69. The van der Waals surface area contributed by atoms with Crippen LogP contribution in [0.3, 0.4) is 0 Å². The Balaban J connectivity index is 1.64. The fraction of sp³-hybridized carbons (Fsp3) is 0.217. The van der Waals surface area contributed by atoms with E-state index in [1.165, 1.54) is 4.90 Å². The van der Waals surface area contributed by atoms with E-state index in [1.54, 1.807) is 46.2 Å². The lowest BCUT2D eigenvalue weighted by Gasteiger charge is -2.29. The lowest BCUT2D eigenvalue weighted by Crippen LogP contribution is -2.49. The third-order valence-corrected chi connectivity index (χ3v) is 5.75. The molecule has 0 saturated carbocycles. The van der Waals surface area contributed by atoms with Gasteiger partial charge in [0.2, 0.25) is 0 Å². The van der Waals surface area contributed by atoms with Crippen molar-refractivity contribution in [3.05, 3.63) is 77.1 Å². The largest absolute Gasteiger partial charge is 0.480 e. The van der Waals surface area contributed by atoms with Gasteiger partial charge in [0.25, 0.3) is 5.91 Å². The lowest BCUT2D eigenvalue weighted by atomic mass is 10.1. The van der Waals surface area contributed by atoms with Crippen molar-refractivity contribution in [2.75, 3.05) is 18.0 Å². The lowest BCUT2D eigenvalue weighted by molar-refractivity contribution is -0.135. The van der Waals surface area contributed by atoms with E-state index in [2.05, 4.69) is 10.4 Å². The summed E-state index contributed by atoms with van der Waals surface area (Å²) < 4.78 is 1.62. The Kier molecular flexibility index (Phi) is 6.32. The first kappa shape index (κ1) is 22.3. The number of hydrogen-bond donors (Lipinski definition) is 2. The van der Waals surface area contributed by atoms with Crippen LogP contribution >= 0.6 is 11.6 Å². The molecule has 33 heavy (non-hydrogen) atoms. The standard InChI is InChI=1S/C23H22ClN5O4/c1-15-13-28(22(32)16-7-8-20(18(24)11-16)29-10-4-9-26-29)19-6-3-2-5-17(19)14-27(15)23(33)25-12-21(30)31/h2-11,15H,12-14H2,1H3,(H,25,33)(H,30,31)/t15-/m1/s1. The normalized spacial score (nSPS) is 15.5. The smallest absolute Gasteiger partial charge is 0.323 e. The first-order valence-electron chi connectivity index (χ1n) is 10.3. The molecule has 1 atom stereocenters. The molecule has 2 aromatic carbocycles. The highest BCUT2D eigenvalue weighted by Gasteiger charge is 2.31. The van der Waals surface area contributed by atoms with Crippen LogP contribution in [0.5, 0.6) is 0 Å². The van der Waals surface area contributed by atoms with Gasteiger partial charge in [-0.2, -0.15) is 5.10 Å². The van der Waals surface area contributed by atoms with Gasteiger partial charge >= 0.3 is 12.0 Å². The Morgan fingerprint density at radius 1 is 1.15 bits per heavy atom. The van der Waals surface area contributed by atoms with Gasteiger partial charge in [-0.15, -0.1) is 0 Å². The monoisotopic (exact) mass is 467 g/mol. The fourth-order valence-corrected chi connectivity index (χ4v) is 4.09. The molecule has 3 aromatic rings. The number of halogens is 1. The Labute approximate surface area is 195 Å². The molecule has 0 fully saturated rings. The van der Waals surface area contributed by atoms with Crippen LogP contribution in [0, 0.1) is 0 Å². The second kappa shape index (κ2) is 9.33. The van der Waals surface area contributed by atoms with Crippen molar-refractivity contribution >= 4 is 35.2 Å². The highest BCUT2D eigenvalue weighted by molar-refractivity contribution is 6.33. The maximum absolute atomic E-state index is 13.6. The van der Waals surface area contributed by atoms with Gasteiger partial charge in [-0.1, -0.05) is 29.8 Å². The molecule has 9 nitrogen and oxygen atoms in total. The number of fused-ring (bicyclic) bond motifs is 1. The minimum absolute atomic E-state index is 0.231. The number of carbonyl (C=O) groups excluding carboxylic acids is 2. The van der Waals surface area contributed by atoms with Gasteiger partial charge in [-0.25, -0.2) is 9.48 Å². The predicted molar refractivity (Wildman–Crippen MR) is 123 cm³/mol. The topological polar surface area (TPSA) is 108 Å². The van der Waals surface area contributed by atoms with Gasteiger partial charge in [-0.05, 0) is 42.8 Å². The van der Waals surface area contributed by atoms with E-state index in [9.17, 15) is 14.4 Å². The molecule has 0 bridgehead atoms. The third-order valence-electron chi connectivity index (χ3n) is 5.44. The number of hydrogen-bond acceptors (Lipinski definition) is 4. The zero-order valence-corrected chi connectivity index (χ0v) is 18.6. The number of carboxylic acids is 1. The summed E-state index contributed by atoms with van der Waals surface area (Å²) in [6.07, 6.45) is 3.41. The van der Waals surface area contributed by atoms with Crippen molar-refractivity contribution in [3.63, 3.8) is 0 Å². The molecular weight excluding hydrogens is 446 g/mol. The minimum atomic E-state index is -1.13. The summed E-state index contributed by atoms with van der Waals surface area (Å²) in [5.41, 5.74) is 2.53. The number of rotatable bonds is 4. The number of carbonyl (C=O) groups is 3. The molecule has 2 heterocycles. The van der Waals surface area contributed by atoms with Crippen molar-refractivity contribution in [3.8, 4) is 5.69 Å². The molecule has 1 aliphatic heterocycles. The number of anilines is 1. The number of benzene rings is 2. The molecule has 170 valence electrons. The van der Waals surface area contributed by atoms with Crippen LogP contribution in [0.1, 0.15) is 22.8 Å². The van der Waals surface area contributed by atoms with Crippen LogP contribution in [0.15, 0.2) is 60.9 Å². The van der Waals surface area contributed by atoms with Crippen LogP contribution < -0.4 is 10.2 Å². The van der Waals surface area contributed by atoms with Crippen LogP contribution in [0.2, 0.25) is 5.02 Å². The molecule has 4 rings (SSSR count). The zero-order valence-electron chi connectivity index (χ0n) is 17.8. The van der Waals surface area contributed by atoms with Crippen LogP contribution in [0.25, 0.3) is 5.69 Å². The number of carboxylic acid groups (broad SMARTS) is 1. The van der Waals surface area contributed by atoms with Crippen LogP contribution in [-0.4, -0.2) is 56.8 Å². The van der Waals surface area contributed by atoms with Gasteiger partial charge in [0.15, 0.2) is 0 Å². The van der Waals surface area contributed by atoms with Gasteiger partial charge in [0.1, 0.15) is 6.54 Å². The minimum Gasteiger partial charge on any atom is -0.480 e. The van der Waals surface area contributed by atoms with E-state index in [1.807, 2.05) is 31.2 Å². The van der Waals surface area contributed by atoms with Crippen LogP contribution in [0.4, 0.5) is 10.5 Å². The van der Waals surface area contributed by atoms with E-state index in [-0.39, 0.29) is 25.0 Å². The Morgan fingerprint density at radius 2 is 1.94 bits per heavy atom. The number of aliphatic carboxylic acids is 1. The SMILES string of the molecule is C[C@@H]1CN(C(=O)c2ccc(-n3cccn3)c(Cl)c2)c2ccccc2CN1C(=O)NCC(=O)O. The summed E-state index contributed by atoms with van der Waals surface area (Å²) in [6, 6.07) is 13.3. The maximum atomic E-state index is 13.6. The van der Waals surface area contributed by atoms with Gasteiger partial charge in [0, 0.05) is 42.8 Å². The average molecular weight is 468 g/mol. The maximum Gasteiger partial charge on any atom is 0.323 e. The summed E-state index contributed by atoms with van der Waals surface area (Å²) in [4.78, 5) is 40.2. The predicted octanol–water partition coefficient (Wildman–Crippen LogP) is 3.17. The zero-order chi connectivity index (χ0) is 23.5. The number of para-hydroxylation sites is 1. The van der Waals surface area contributed by atoms with E-state index < -0.39 is 18.5 Å². The quantitative estimate of drug-likeness (QED) is 0.612. The first-order valence-corrected chi connectivity index (χ1v) is 10.7. The Hall–Kier alpha value is -3.85. The van der Waals surface area contributed by atoms with Gasteiger partial charge < -0.3 is 20.2 Å². The molecule has 0 aliphatic carbocycles. The summed E-state index contributed by atoms with van der Waals surface area (Å²) in [6.45, 7) is 1.81. The molecule has 0 unspecified atom stereocenters. The van der Waals surface area contributed by atoms with Gasteiger partial charge in [-0.3, -0.25) is 9.59 Å². The van der Waals surface area contributed by atoms with Crippen molar-refractivity contribution in [1.29, 1.82) is 0 Å². The highest BCUT2D eigenvalue weighted by atomic mass is 35.5. The van der Waals surface area contributed by atoms with Crippen LogP contribution in [-0.2, 0) is 11.3 Å². The van der Waals surface area contributed by atoms with Crippen molar-refractivity contribution in [2.24, 2.45) is 0 Å². The Morgan fingerprint density at radius 3 is 2.64 bits per heavy atom. The number of amides is 3. The molecular formula is C23H22ClN5O4. The first-order chi connectivity index (χ1) is 15.8. The van der Waals surface area contributed by atoms with E-state index in [0.717, 1.165) is 5.56 Å². The number of nitrogens with zero attached hydrogens (tertiary/aromatic N) is 4. The molecule has 3 amide bonds. The highest BCUT2D eigenvalue weighted by Crippen LogP contribution is 2.30. The van der Waals surface area contributed by atoms with E-state index in [0.29, 0.717) is 22.0 Å². The molecule has 2 N–H and O–H groups in total. The average Bonchev–Trinajstić information content (AvgIpc) is 3.28. The molecule has 0 radical (unpaired) electrons. The summed E-state index contributed by atoms with van der Waals surface area (Å²) >= 11 is 6.45. The molecule has 0 saturated heterocycles. The molecule has 0 spiro atoms. The van der Waals surface area contributed by atoms with Crippen molar-refractivity contribution < 1.29 is 19.5 Å². The van der Waals surface area contributed by atoms with Gasteiger partial charge in [0.05, 0.1) is 10.7 Å². The van der Waals surface area contributed by atoms with Crippen molar-refractivity contribution in [2.45, 2.75) is 19.5 Å². The molecule has 1 aromatic heterocycles. The Bertz CT molecular complexity index is 1200. The number of aromatic nitrogens is 2. The van der Waals surface area contributed by atoms with Crippen molar-refractivity contribution in [1.82, 2.24) is 20.0 Å². The summed E-state index contributed by atoms with van der Waals surface area (Å²) in [7, 11) is 0. The second-order valence-corrected chi connectivity index (χ2v) is 8.10. The summed E-state index contributed by atoms with van der Waals surface area (Å²) in [5.74, 6) is -1.38. The summed E-state index contributed by atoms with van der Waals surface area (Å²) in [5, 5.41) is 15.8. The van der Waals surface area contributed by atoms with E-state index in [4.69, 9.17) is 16.7 Å². The fourth-order valence-electron chi connectivity index (χ4n) is 3.82. The number of urea groups is 1.